The number of rotatable bonds is 5. The minimum absolute atomic E-state index is 0.00616. The highest BCUT2D eigenvalue weighted by Gasteiger charge is 2.22. The fourth-order valence-corrected chi connectivity index (χ4v) is 1.52. The van der Waals surface area contributed by atoms with Gasteiger partial charge < -0.3 is 13.9 Å². The first-order valence-electron chi connectivity index (χ1n) is 5.41. The molecule has 5 nitrogen and oxygen atoms in total. The Morgan fingerprint density at radius 3 is 2.65 bits per heavy atom. The summed E-state index contributed by atoms with van der Waals surface area (Å²) >= 11 is 0. The third-order valence-electron chi connectivity index (χ3n) is 2.21. The van der Waals surface area contributed by atoms with Gasteiger partial charge >= 0.3 is 11.9 Å². The highest BCUT2D eigenvalue weighted by molar-refractivity contribution is 5.72. The van der Waals surface area contributed by atoms with Crippen LogP contribution in [0, 0.1) is 6.92 Å². The largest absolute Gasteiger partial charge is 0.469 e. The van der Waals surface area contributed by atoms with Crippen LogP contribution in [0.5, 0.6) is 0 Å². The van der Waals surface area contributed by atoms with E-state index in [0.717, 1.165) is 0 Å². The number of aryl methyl sites for hydroxylation is 1. The molecule has 0 aliphatic heterocycles. The number of hydrogen-bond donors (Lipinski definition) is 0. The van der Waals surface area contributed by atoms with Crippen LogP contribution in [-0.2, 0) is 19.1 Å². The molecule has 0 amide bonds. The Morgan fingerprint density at radius 2 is 2.18 bits per heavy atom. The molecule has 5 heteroatoms. The van der Waals surface area contributed by atoms with Crippen LogP contribution in [-0.4, -0.2) is 18.5 Å². The quantitative estimate of drug-likeness (QED) is 0.738. The normalized spacial score (nSPS) is 11.9. The second-order valence-corrected chi connectivity index (χ2v) is 3.54. The van der Waals surface area contributed by atoms with Crippen LogP contribution >= 0.6 is 0 Å². The summed E-state index contributed by atoms with van der Waals surface area (Å²) in [5.74, 6) is -0.222. The molecular weight excluding hydrogens is 224 g/mol. The zero-order valence-electron chi connectivity index (χ0n) is 10.2. The van der Waals surface area contributed by atoms with Gasteiger partial charge in [-0.25, -0.2) is 0 Å². The molecule has 0 N–H and O–H groups in total. The topological polar surface area (TPSA) is 65.7 Å². The van der Waals surface area contributed by atoms with Gasteiger partial charge in [0.25, 0.3) is 0 Å². The first-order valence-corrected chi connectivity index (χ1v) is 5.41. The number of esters is 2. The van der Waals surface area contributed by atoms with Gasteiger partial charge in [-0.05, 0) is 19.9 Å². The van der Waals surface area contributed by atoms with E-state index in [4.69, 9.17) is 13.9 Å². The molecule has 17 heavy (non-hydrogen) atoms. The van der Waals surface area contributed by atoms with Crippen LogP contribution in [0.15, 0.2) is 16.7 Å². The van der Waals surface area contributed by atoms with Gasteiger partial charge in [0.1, 0.15) is 11.9 Å². The zero-order chi connectivity index (χ0) is 12.8. The smallest absolute Gasteiger partial charge is 0.309 e. The molecule has 1 rings (SSSR count). The predicted molar refractivity (Wildman–Crippen MR) is 59.2 cm³/mol. The third-order valence-corrected chi connectivity index (χ3v) is 2.21. The second-order valence-electron chi connectivity index (χ2n) is 3.54. The third kappa shape index (κ3) is 3.94. The van der Waals surface area contributed by atoms with Crippen molar-refractivity contribution in [3.05, 3.63) is 23.7 Å². The SMILES string of the molecule is CCOC(=O)CC(OC(C)=O)c1ccoc1C. The Hall–Kier alpha value is -1.78. The van der Waals surface area contributed by atoms with Gasteiger partial charge in [-0.1, -0.05) is 0 Å². The lowest BCUT2D eigenvalue weighted by Crippen LogP contribution is -2.15. The molecule has 1 atom stereocenters. The van der Waals surface area contributed by atoms with Crippen molar-refractivity contribution >= 4 is 11.9 Å². The Bertz CT molecular complexity index is 393. The first kappa shape index (κ1) is 13.3. The average molecular weight is 240 g/mol. The summed E-state index contributed by atoms with van der Waals surface area (Å²) in [6, 6.07) is 1.68. The molecule has 1 aromatic heterocycles. The minimum atomic E-state index is -0.648. The van der Waals surface area contributed by atoms with E-state index in [1.54, 1.807) is 19.9 Å². The maximum absolute atomic E-state index is 11.4. The van der Waals surface area contributed by atoms with E-state index in [0.29, 0.717) is 17.9 Å². The van der Waals surface area contributed by atoms with E-state index in [1.807, 2.05) is 0 Å². The molecular formula is C12H16O5. The lowest BCUT2D eigenvalue weighted by molar-refractivity contribution is -0.153. The van der Waals surface area contributed by atoms with Crippen LogP contribution < -0.4 is 0 Å². The first-order chi connectivity index (χ1) is 8.04. The molecule has 0 aromatic carbocycles. The molecule has 0 spiro atoms. The maximum atomic E-state index is 11.4. The van der Waals surface area contributed by atoms with E-state index in [1.165, 1.54) is 13.2 Å². The summed E-state index contributed by atoms with van der Waals surface area (Å²) < 4.78 is 15.0. The molecule has 0 saturated heterocycles. The predicted octanol–water partition coefficient (Wildman–Crippen LogP) is 2.15. The van der Waals surface area contributed by atoms with E-state index >= 15 is 0 Å². The van der Waals surface area contributed by atoms with Gasteiger partial charge in [0.2, 0.25) is 0 Å². The number of ether oxygens (including phenoxy) is 2. The Morgan fingerprint density at radius 1 is 1.47 bits per heavy atom. The molecule has 0 saturated carbocycles. The lowest BCUT2D eigenvalue weighted by atomic mass is 10.1. The molecule has 1 unspecified atom stereocenters. The fraction of sp³-hybridized carbons (Fsp3) is 0.500. The minimum Gasteiger partial charge on any atom is -0.469 e. The molecule has 0 fully saturated rings. The molecule has 1 aromatic rings. The Kier molecular flexibility index (Phi) is 4.75. The van der Waals surface area contributed by atoms with Gasteiger partial charge in [-0.2, -0.15) is 0 Å². The summed E-state index contributed by atoms with van der Waals surface area (Å²) in [6.45, 7) is 5.07. The van der Waals surface area contributed by atoms with Crippen LogP contribution in [0.1, 0.15) is 37.7 Å². The summed E-state index contributed by atoms with van der Waals surface area (Å²) in [6.07, 6.45) is 0.838. The Labute approximate surface area is 99.7 Å². The molecule has 0 aliphatic carbocycles. The van der Waals surface area contributed by atoms with E-state index in [2.05, 4.69) is 0 Å². The molecule has 0 radical (unpaired) electrons. The van der Waals surface area contributed by atoms with E-state index in [-0.39, 0.29) is 6.42 Å². The van der Waals surface area contributed by atoms with Gasteiger partial charge in [-0.15, -0.1) is 0 Å². The molecule has 94 valence electrons. The van der Waals surface area contributed by atoms with E-state index < -0.39 is 18.0 Å². The number of carbonyl (C=O) groups is 2. The van der Waals surface area contributed by atoms with Crippen LogP contribution in [0.25, 0.3) is 0 Å². The van der Waals surface area contributed by atoms with Gasteiger partial charge in [0.05, 0.1) is 19.3 Å². The van der Waals surface area contributed by atoms with Crippen molar-refractivity contribution in [2.75, 3.05) is 6.61 Å². The van der Waals surface area contributed by atoms with Gasteiger partial charge in [0.15, 0.2) is 0 Å². The highest BCUT2D eigenvalue weighted by Crippen LogP contribution is 2.25. The van der Waals surface area contributed by atoms with Crippen molar-refractivity contribution in [3.63, 3.8) is 0 Å². The van der Waals surface area contributed by atoms with Crippen molar-refractivity contribution in [3.8, 4) is 0 Å². The molecule has 0 bridgehead atoms. The average Bonchev–Trinajstić information content (AvgIpc) is 2.63. The second kappa shape index (κ2) is 6.08. The standard InChI is InChI=1S/C12H16O5/c1-4-15-12(14)7-11(17-9(3)13)10-5-6-16-8(10)2/h5-6,11H,4,7H2,1-3H3. The summed E-state index contributed by atoms with van der Waals surface area (Å²) in [4.78, 5) is 22.4. The zero-order valence-corrected chi connectivity index (χ0v) is 10.2. The molecule has 1 heterocycles. The van der Waals surface area contributed by atoms with Crippen molar-refractivity contribution in [2.45, 2.75) is 33.3 Å². The highest BCUT2D eigenvalue weighted by atomic mass is 16.6. The van der Waals surface area contributed by atoms with Crippen molar-refractivity contribution in [2.24, 2.45) is 0 Å². The number of hydrogen-bond acceptors (Lipinski definition) is 5. The fourth-order valence-electron chi connectivity index (χ4n) is 1.52. The van der Waals surface area contributed by atoms with Gasteiger partial charge in [0, 0.05) is 12.5 Å². The van der Waals surface area contributed by atoms with Crippen molar-refractivity contribution < 1.29 is 23.5 Å². The summed E-state index contributed by atoms with van der Waals surface area (Å²) in [7, 11) is 0. The van der Waals surface area contributed by atoms with Crippen LogP contribution in [0.4, 0.5) is 0 Å². The van der Waals surface area contributed by atoms with Crippen molar-refractivity contribution in [1.29, 1.82) is 0 Å². The summed E-state index contributed by atoms with van der Waals surface area (Å²) in [5.41, 5.74) is 0.688. The Balaban J connectivity index is 2.77. The lowest BCUT2D eigenvalue weighted by Gasteiger charge is -2.15. The monoisotopic (exact) mass is 240 g/mol. The maximum Gasteiger partial charge on any atom is 0.309 e. The number of carbonyl (C=O) groups excluding carboxylic acids is 2. The van der Waals surface area contributed by atoms with Gasteiger partial charge in [-0.3, -0.25) is 9.59 Å². The van der Waals surface area contributed by atoms with Crippen molar-refractivity contribution in [1.82, 2.24) is 0 Å². The van der Waals surface area contributed by atoms with Crippen LogP contribution in [0.2, 0.25) is 0 Å². The van der Waals surface area contributed by atoms with E-state index in [9.17, 15) is 9.59 Å². The number of furan rings is 1. The summed E-state index contributed by atoms with van der Waals surface area (Å²) in [5, 5.41) is 0. The van der Waals surface area contributed by atoms with Crippen LogP contribution in [0.3, 0.4) is 0 Å². The molecule has 0 aliphatic rings.